The largest absolute Gasteiger partial charge is 0.448 e. The van der Waals surface area contributed by atoms with E-state index in [-0.39, 0.29) is 11.8 Å². The van der Waals surface area contributed by atoms with E-state index in [1.165, 1.54) is 6.21 Å². The number of carbonyl (C=O) groups is 2. The summed E-state index contributed by atoms with van der Waals surface area (Å²) >= 11 is 8.99. The zero-order chi connectivity index (χ0) is 18.4. The van der Waals surface area contributed by atoms with E-state index in [0.717, 1.165) is 0 Å². The van der Waals surface area contributed by atoms with Gasteiger partial charge in [-0.1, -0.05) is 25.4 Å². The number of nitrogens with one attached hydrogen (secondary N) is 2. The highest BCUT2D eigenvalue weighted by Gasteiger charge is 2.24. The molecular weight excluding hydrogens is 410 g/mol. The van der Waals surface area contributed by atoms with Crippen LogP contribution in [0, 0.1) is 5.92 Å². The van der Waals surface area contributed by atoms with Crippen LogP contribution in [0.5, 0.6) is 0 Å². The summed E-state index contributed by atoms with van der Waals surface area (Å²) in [6, 6.07) is 9.11. The molecule has 1 aromatic heterocycles. The van der Waals surface area contributed by atoms with E-state index in [2.05, 4.69) is 31.8 Å². The Labute approximate surface area is 158 Å². The average molecular weight is 427 g/mol. The number of hydrogen-bond acceptors (Lipinski definition) is 4. The van der Waals surface area contributed by atoms with E-state index in [4.69, 9.17) is 16.0 Å². The van der Waals surface area contributed by atoms with E-state index >= 15 is 0 Å². The number of hydrogen-bond donors (Lipinski definition) is 2. The highest BCUT2D eigenvalue weighted by atomic mass is 79.9. The summed E-state index contributed by atoms with van der Waals surface area (Å²) in [6.45, 7) is 3.67. The van der Waals surface area contributed by atoms with Crippen molar-refractivity contribution in [2.75, 3.05) is 0 Å². The van der Waals surface area contributed by atoms with Gasteiger partial charge in [0.2, 0.25) is 0 Å². The average Bonchev–Trinajstić information content (AvgIpc) is 2.98. The minimum Gasteiger partial charge on any atom is -0.448 e. The maximum Gasteiger partial charge on any atom is 0.262 e. The summed E-state index contributed by atoms with van der Waals surface area (Å²) in [6.07, 6.45) is 1.38. The molecule has 0 bridgehead atoms. The summed E-state index contributed by atoms with van der Waals surface area (Å²) in [4.78, 5) is 24.6. The molecule has 1 unspecified atom stereocenters. The lowest BCUT2D eigenvalue weighted by atomic mass is 10.0. The van der Waals surface area contributed by atoms with Crippen LogP contribution in [-0.4, -0.2) is 24.1 Å². The number of halogens is 2. The van der Waals surface area contributed by atoms with Crippen LogP contribution in [0.2, 0.25) is 5.02 Å². The van der Waals surface area contributed by atoms with E-state index in [1.54, 1.807) is 36.4 Å². The van der Waals surface area contributed by atoms with E-state index < -0.39 is 11.9 Å². The lowest BCUT2D eigenvalue weighted by Gasteiger charge is -2.20. The molecule has 0 fully saturated rings. The first-order valence-electron chi connectivity index (χ1n) is 7.51. The molecule has 132 valence electrons. The normalized spacial score (nSPS) is 12.4. The lowest BCUT2D eigenvalue weighted by Crippen LogP contribution is -2.48. The fraction of sp³-hybridized carbons (Fsp3) is 0.235. The van der Waals surface area contributed by atoms with Gasteiger partial charge < -0.3 is 9.73 Å². The maximum atomic E-state index is 12.3. The van der Waals surface area contributed by atoms with Crippen LogP contribution in [0.4, 0.5) is 0 Å². The van der Waals surface area contributed by atoms with Crippen LogP contribution in [-0.2, 0) is 4.79 Å². The monoisotopic (exact) mass is 425 g/mol. The van der Waals surface area contributed by atoms with Gasteiger partial charge in [0.1, 0.15) is 11.8 Å². The minimum absolute atomic E-state index is 0.121. The smallest absolute Gasteiger partial charge is 0.262 e. The van der Waals surface area contributed by atoms with Crippen molar-refractivity contribution >= 4 is 45.6 Å². The molecule has 2 rings (SSSR count). The Morgan fingerprint density at radius 1 is 1.20 bits per heavy atom. The second kappa shape index (κ2) is 8.82. The number of nitrogens with zero attached hydrogens (tertiary/aromatic N) is 1. The van der Waals surface area contributed by atoms with Crippen LogP contribution in [0.3, 0.4) is 0 Å². The summed E-state index contributed by atoms with van der Waals surface area (Å²) in [5, 5.41) is 7.08. The van der Waals surface area contributed by atoms with Crippen LogP contribution in [0.25, 0.3) is 0 Å². The Balaban J connectivity index is 1.99. The molecule has 6 nitrogen and oxygen atoms in total. The number of carbonyl (C=O) groups excluding carboxylic acids is 2. The summed E-state index contributed by atoms with van der Waals surface area (Å²) in [5.74, 6) is -0.411. The van der Waals surface area contributed by atoms with Gasteiger partial charge in [0.25, 0.3) is 11.8 Å². The first-order valence-corrected chi connectivity index (χ1v) is 8.68. The Morgan fingerprint density at radius 2 is 1.88 bits per heavy atom. The first-order chi connectivity index (χ1) is 11.9. The fourth-order valence-corrected chi connectivity index (χ4v) is 2.43. The van der Waals surface area contributed by atoms with E-state index in [9.17, 15) is 9.59 Å². The van der Waals surface area contributed by atoms with Crippen molar-refractivity contribution in [3.8, 4) is 0 Å². The molecule has 25 heavy (non-hydrogen) atoms. The Hall–Kier alpha value is -2.12. The molecule has 0 aliphatic carbocycles. The number of furan rings is 1. The van der Waals surface area contributed by atoms with Gasteiger partial charge in [-0.3, -0.25) is 9.59 Å². The minimum atomic E-state index is -0.733. The van der Waals surface area contributed by atoms with Crippen molar-refractivity contribution in [1.82, 2.24) is 10.7 Å². The van der Waals surface area contributed by atoms with E-state index in [0.29, 0.717) is 21.0 Å². The zero-order valence-electron chi connectivity index (χ0n) is 13.6. The first kappa shape index (κ1) is 19.2. The topological polar surface area (TPSA) is 83.7 Å². The molecule has 0 saturated carbocycles. The predicted molar refractivity (Wildman–Crippen MR) is 99.7 cm³/mol. The fourth-order valence-electron chi connectivity index (χ4n) is 1.99. The SMILES string of the molecule is CC(C)C(NC(=O)c1ccc(Cl)cc1)C(=O)NN=Cc1ccc(Br)o1. The van der Waals surface area contributed by atoms with Gasteiger partial charge in [0.15, 0.2) is 4.67 Å². The number of amides is 2. The third-order valence-electron chi connectivity index (χ3n) is 3.30. The Morgan fingerprint density at radius 3 is 2.44 bits per heavy atom. The molecule has 8 heteroatoms. The van der Waals surface area contributed by atoms with Crippen LogP contribution >= 0.6 is 27.5 Å². The molecule has 2 N–H and O–H groups in total. The predicted octanol–water partition coefficient (Wildman–Crippen LogP) is 3.60. The third kappa shape index (κ3) is 5.72. The van der Waals surface area contributed by atoms with Gasteiger partial charge in [-0.2, -0.15) is 5.10 Å². The number of benzene rings is 1. The quantitative estimate of drug-likeness (QED) is 0.547. The van der Waals surface area contributed by atoms with Crippen molar-refractivity contribution in [2.45, 2.75) is 19.9 Å². The van der Waals surface area contributed by atoms with Crippen LogP contribution < -0.4 is 10.7 Å². The van der Waals surface area contributed by atoms with Crippen molar-refractivity contribution in [2.24, 2.45) is 11.0 Å². The second-order valence-electron chi connectivity index (χ2n) is 5.58. The van der Waals surface area contributed by atoms with Crippen molar-refractivity contribution < 1.29 is 14.0 Å². The molecule has 0 saturated heterocycles. The van der Waals surface area contributed by atoms with Gasteiger partial charge in [-0.05, 0) is 58.2 Å². The summed E-state index contributed by atoms with van der Waals surface area (Å²) < 4.78 is 5.81. The summed E-state index contributed by atoms with van der Waals surface area (Å²) in [7, 11) is 0. The van der Waals surface area contributed by atoms with Crippen LogP contribution in [0.1, 0.15) is 30.0 Å². The van der Waals surface area contributed by atoms with Gasteiger partial charge in [0, 0.05) is 10.6 Å². The molecule has 0 spiro atoms. The lowest BCUT2D eigenvalue weighted by molar-refractivity contribution is -0.123. The third-order valence-corrected chi connectivity index (χ3v) is 3.98. The van der Waals surface area contributed by atoms with Gasteiger partial charge in [-0.15, -0.1) is 0 Å². The van der Waals surface area contributed by atoms with Crippen LogP contribution in [0.15, 0.2) is 50.6 Å². The number of rotatable bonds is 6. The highest BCUT2D eigenvalue weighted by Crippen LogP contribution is 2.12. The Bertz CT molecular complexity index is 772. The number of hydrazone groups is 1. The molecule has 1 heterocycles. The van der Waals surface area contributed by atoms with Crippen molar-refractivity contribution in [3.63, 3.8) is 0 Å². The standard InChI is InChI=1S/C17H17BrClN3O3/c1-10(2)15(21-16(23)11-3-5-12(19)6-4-11)17(24)22-20-9-13-7-8-14(18)25-13/h3-10,15H,1-2H3,(H,21,23)(H,22,24). The molecule has 1 atom stereocenters. The highest BCUT2D eigenvalue weighted by molar-refractivity contribution is 9.10. The maximum absolute atomic E-state index is 12.3. The molecule has 2 amide bonds. The molecular formula is C17H17BrClN3O3. The van der Waals surface area contributed by atoms with Gasteiger partial charge in [0.05, 0.1) is 6.21 Å². The summed E-state index contributed by atoms with van der Waals surface area (Å²) in [5.41, 5.74) is 2.83. The molecule has 0 radical (unpaired) electrons. The Kier molecular flexibility index (Phi) is 6.78. The van der Waals surface area contributed by atoms with Crippen molar-refractivity contribution in [1.29, 1.82) is 0 Å². The zero-order valence-corrected chi connectivity index (χ0v) is 16.0. The molecule has 1 aromatic carbocycles. The molecule has 0 aliphatic heterocycles. The van der Waals surface area contributed by atoms with Gasteiger partial charge >= 0.3 is 0 Å². The molecule has 0 aliphatic rings. The van der Waals surface area contributed by atoms with Gasteiger partial charge in [-0.25, -0.2) is 5.43 Å². The molecule has 2 aromatic rings. The second-order valence-corrected chi connectivity index (χ2v) is 6.80. The van der Waals surface area contributed by atoms with Crippen molar-refractivity contribution in [3.05, 3.63) is 57.4 Å². The van der Waals surface area contributed by atoms with E-state index in [1.807, 2.05) is 13.8 Å².